The summed E-state index contributed by atoms with van der Waals surface area (Å²) in [5, 5.41) is 18.6. The van der Waals surface area contributed by atoms with Gasteiger partial charge in [-0.05, 0) is 30.3 Å². The fourth-order valence-electron chi connectivity index (χ4n) is 3.55. The predicted octanol–water partition coefficient (Wildman–Crippen LogP) is 3.81. The minimum Gasteiger partial charge on any atom is -0.494 e. The molecule has 3 N–H and O–H groups in total. The SMILES string of the molecule is C=CC(=O)Nc1ccccc1Nc1nc(Nc2ccc(N3CCOCC3)cc2OC)ncc1C#N. The van der Waals surface area contributed by atoms with Gasteiger partial charge in [0.05, 0.1) is 43.6 Å². The number of ether oxygens (including phenoxy) is 2. The van der Waals surface area contributed by atoms with Gasteiger partial charge in [-0.2, -0.15) is 10.2 Å². The molecule has 0 saturated carbocycles. The van der Waals surface area contributed by atoms with Gasteiger partial charge in [-0.3, -0.25) is 4.79 Å². The van der Waals surface area contributed by atoms with Crippen molar-refractivity contribution in [3.05, 3.63) is 66.9 Å². The summed E-state index contributed by atoms with van der Waals surface area (Å²) in [5.41, 5.74) is 3.05. The maximum absolute atomic E-state index is 11.8. The highest BCUT2D eigenvalue weighted by molar-refractivity contribution is 6.01. The maximum Gasteiger partial charge on any atom is 0.247 e. The number of benzene rings is 2. The largest absolute Gasteiger partial charge is 0.494 e. The van der Waals surface area contributed by atoms with Crippen molar-refractivity contribution in [2.75, 3.05) is 54.3 Å². The van der Waals surface area contributed by atoms with Crippen LogP contribution in [0.3, 0.4) is 0 Å². The van der Waals surface area contributed by atoms with Crippen LogP contribution in [0.5, 0.6) is 5.75 Å². The van der Waals surface area contributed by atoms with Gasteiger partial charge < -0.3 is 30.3 Å². The first kappa shape index (κ1) is 23.5. The van der Waals surface area contributed by atoms with E-state index in [4.69, 9.17) is 9.47 Å². The number of hydrogen-bond acceptors (Lipinski definition) is 9. The number of nitrogens with zero attached hydrogens (tertiary/aromatic N) is 4. The second-order valence-electron chi connectivity index (χ2n) is 7.54. The van der Waals surface area contributed by atoms with Gasteiger partial charge in [0, 0.05) is 24.8 Å². The zero-order valence-electron chi connectivity index (χ0n) is 19.2. The van der Waals surface area contributed by atoms with E-state index in [1.165, 1.54) is 12.3 Å². The third-order valence-electron chi connectivity index (χ3n) is 5.34. The van der Waals surface area contributed by atoms with E-state index in [0.717, 1.165) is 18.8 Å². The molecule has 1 aliphatic heterocycles. The van der Waals surface area contributed by atoms with E-state index < -0.39 is 0 Å². The third-order valence-corrected chi connectivity index (χ3v) is 5.34. The Bertz CT molecular complexity index is 1270. The molecule has 3 aromatic rings. The molecule has 4 rings (SSSR count). The van der Waals surface area contributed by atoms with Crippen molar-refractivity contribution in [1.29, 1.82) is 5.26 Å². The van der Waals surface area contributed by atoms with Gasteiger partial charge in [-0.1, -0.05) is 18.7 Å². The van der Waals surface area contributed by atoms with Crippen LogP contribution in [0, 0.1) is 11.3 Å². The number of rotatable bonds is 8. The molecular formula is C25H25N7O3. The molecule has 2 heterocycles. The van der Waals surface area contributed by atoms with Gasteiger partial charge in [0.1, 0.15) is 17.4 Å². The maximum atomic E-state index is 11.8. The van der Waals surface area contributed by atoms with E-state index in [-0.39, 0.29) is 23.2 Å². The van der Waals surface area contributed by atoms with Crippen molar-refractivity contribution in [2.24, 2.45) is 0 Å². The molecule has 10 heteroatoms. The van der Waals surface area contributed by atoms with Crippen LogP contribution < -0.4 is 25.6 Å². The van der Waals surface area contributed by atoms with Crippen LogP contribution in [0.4, 0.5) is 34.5 Å². The average molecular weight is 472 g/mol. The quantitative estimate of drug-likeness (QED) is 0.421. The lowest BCUT2D eigenvalue weighted by atomic mass is 10.2. The second-order valence-corrected chi connectivity index (χ2v) is 7.54. The van der Waals surface area contributed by atoms with Crippen LogP contribution in [-0.2, 0) is 9.53 Å². The molecule has 0 bridgehead atoms. The molecule has 1 amide bonds. The van der Waals surface area contributed by atoms with Crippen molar-refractivity contribution in [1.82, 2.24) is 9.97 Å². The topological polar surface area (TPSA) is 124 Å². The monoisotopic (exact) mass is 471 g/mol. The Morgan fingerprint density at radius 3 is 2.66 bits per heavy atom. The Labute approximate surface area is 203 Å². The molecule has 10 nitrogen and oxygen atoms in total. The number of nitriles is 1. The van der Waals surface area contributed by atoms with Crippen molar-refractivity contribution in [3.8, 4) is 11.8 Å². The summed E-state index contributed by atoms with van der Waals surface area (Å²) in [4.78, 5) is 22.8. The van der Waals surface area contributed by atoms with Crippen LogP contribution in [0.2, 0.25) is 0 Å². The summed E-state index contributed by atoms with van der Waals surface area (Å²) in [6.45, 7) is 6.49. The third kappa shape index (κ3) is 5.66. The summed E-state index contributed by atoms with van der Waals surface area (Å²) in [7, 11) is 1.60. The van der Waals surface area contributed by atoms with E-state index in [0.29, 0.717) is 36.0 Å². The fourth-order valence-corrected chi connectivity index (χ4v) is 3.55. The lowest BCUT2D eigenvalue weighted by molar-refractivity contribution is -0.111. The standard InChI is InChI=1S/C25H25N7O3/c1-3-23(33)28-19-6-4-5-7-20(19)29-24-17(15-26)16-27-25(31-24)30-21-9-8-18(14-22(21)34-2)32-10-12-35-13-11-32/h3-9,14,16H,1,10-13H2,2H3,(H,28,33)(H2,27,29,30,31). The molecule has 0 aliphatic carbocycles. The Morgan fingerprint density at radius 2 is 1.94 bits per heavy atom. The number of aromatic nitrogens is 2. The molecule has 1 aliphatic rings. The molecule has 0 unspecified atom stereocenters. The van der Waals surface area contributed by atoms with Gasteiger partial charge in [0.15, 0.2) is 5.82 Å². The number of methoxy groups -OCH3 is 1. The normalized spacial score (nSPS) is 12.9. The average Bonchev–Trinajstić information content (AvgIpc) is 2.90. The summed E-state index contributed by atoms with van der Waals surface area (Å²) in [6.07, 6.45) is 2.61. The summed E-state index contributed by atoms with van der Waals surface area (Å²) in [6, 6.07) is 15.0. The van der Waals surface area contributed by atoms with Gasteiger partial charge in [-0.15, -0.1) is 0 Å². The van der Waals surface area contributed by atoms with Crippen LogP contribution in [0.25, 0.3) is 0 Å². The molecule has 1 fully saturated rings. The molecule has 1 aromatic heterocycles. The lowest BCUT2D eigenvalue weighted by Crippen LogP contribution is -2.36. The Hall–Kier alpha value is -4.62. The zero-order valence-corrected chi connectivity index (χ0v) is 19.2. The van der Waals surface area contributed by atoms with Crippen molar-refractivity contribution < 1.29 is 14.3 Å². The minimum atomic E-state index is -0.350. The molecule has 2 aromatic carbocycles. The van der Waals surface area contributed by atoms with Crippen LogP contribution in [-0.4, -0.2) is 49.3 Å². The molecule has 35 heavy (non-hydrogen) atoms. The number of carbonyl (C=O) groups excluding carboxylic acids is 1. The molecule has 0 atom stereocenters. The highest BCUT2D eigenvalue weighted by Crippen LogP contribution is 2.32. The van der Waals surface area contributed by atoms with Crippen molar-refractivity contribution in [3.63, 3.8) is 0 Å². The highest BCUT2D eigenvalue weighted by Gasteiger charge is 2.15. The van der Waals surface area contributed by atoms with E-state index in [9.17, 15) is 10.1 Å². The highest BCUT2D eigenvalue weighted by atomic mass is 16.5. The minimum absolute atomic E-state index is 0.245. The first-order chi connectivity index (χ1) is 17.1. The predicted molar refractivity (Wildman–Crippen MR) is 135 cm³/mol. The van der Waals surface area contributed by atoms with E-state index in [2.05, 4.69) is 43.5 Å². The lowest BCUT2D eigenvalue weighted by Gasteiger charge is -2.29. The van der Waals surface area contributed by atoms with E-state index >= 15 is 0 Å². The Morgan fingerprint density at radius 1 is 1.17 bits per heavy atom. The van der Waals surface area contributed by atoms with Gasteiger partial charge >= 0.3 is 0 Å². The first-order valence-corrected chi connectivity index (χ1v) is 11.0. The number of amides is 1. The fraction of sp³-hybridized carbons (Fsp3) is 0.200. The van der Waals surface area contributed by atoms with Gasteiger partial charge in [-0.25, -0.2) is 4.98 Å². The molecule has 0 radical (unpaired) electrons. The number of para-hydroxylation sites is 2. The van der Waals surface area contributed by atoms with Gasteiger partial charge in [0.25, 0.3) is 0 Å². The van der Waals surface area contributed by atoms with Crippen LogP contribution in [0.1, 0.15) is 5.56 Å². The Kier molecular flexibility index (Phi) is 7.40. The first-order valence-electron chi connectivity index (χ1n) is 11.0. The second kappa shape index (κ2) is 11.0. The number of nitrogens with one attached hydrogen (secondary N) is 3. The molecule has 178 valence electrons. The molecule has 1 saturated heterocycles. The molecular weight excluding hydrogens is 446 g/mol. The Balaban J connectivity index is 1.59. The van der Waals surface area contributed by atoms with E-state index in [1.807, 2.05) is 18.2 Å². The van der Waals surface area contributed by atoms with Crippen molar-refractivity contribution in [2.45, 2.75) is 0 Å². The van der Waals surface area contributed by atoms with Gasteiger partial charge in [0.2, 0.25) is 11.9 Å². The number of anilines is 6. The van der Waals surface area contributed by atoms with E-state index in [1.54, 1.807) is 31.4 Å². The number of morpholine rings is 1. The van der Waals surface area contributed by atoms with Crippen LogP contribution in [0.15, 0.2) is 61.3 Å². The summed E-state index contributed by atoms with van der Waals surface area (Å²) < 4.78 is 11.0. The summed E-state index contributed by atoms with van der Waals surface area (Å²) in [5.74, 6) is 0.845. The van der Waals surface area contributed by atoms with Crippen molar-refractivity contribution >= 4 is 40.4 Å². The summed E-state index contributed by atoms with van der Waals surface area (Å²) >= 11 is 0. The smallest absolute Gasteiger partial charge is 0.247 e. The van der Waals surface area contributed by atoms with Crippen LogP contribution >= 0.6 is 0 Å². The zero-order chi connectivity index (χ0) is 24.6. The number of hydrogen-bond donors (Lipinski definition) is 3. The number of carbonyl (C=O) groups is 1. The molecule has 0 spiro atoms.